The van der Waals surface area contributed by atoms with Gasteiger partial charge in [0.25, 0.3) is 0 Å². The molecule has 0 saturated carbocycles. The molecule has 2 N–H and O–H groups in total. The molecule has 0 saturated heterocycles. The third-order valence-corrected chi connectivity index (χ3v) is 3.78. The molecular formula is C13H16N2OS. The second-order valence-corrected chi connectivity index (χ2v) is 4.76. The van der Waals surface area contributed by atoms with Crippen LogP contribution in [0.15, 0.2) is 24.3 Å². The predicted octanol–water partition coefficient (Wildman–Crippen LogP) is 2.84. The number of aryl methyl sites for hydroxylation is 1. The smallest absolute Gasteiger partial charge is 0.124 e. The average Bonchev–Trinajstić information content (AvgIpc) is 2.82. The van der Waals surface area contributed by atoms with E-state index in [2.05, 4.69) is 11.9 Å². The molecule has 0 amide bonds. The molecule has 0 unspecified atom stereocenters. The number of aromatic nitrogens is 1. The maximum atomic E-state index is 5.72. The summed E-state index contributed by atoms with van der Waals surface area (Å²) in [6.45, 7) is 2.66. The van der Waals surface area contributed by atoms with E-state index in [1.165, 1.54) is 4.88 Å². The molecule has 1 aromatic carbocycles. The summed E-state index contributed by atoms with van der Waals surface area (Å²) < 4.78 is 5.22. The van der Waals surface area contributed by atoms with E-state index in [-0.39, 0.29) is 0 Å². The molecule has 17 heavy (non-hydrogen) atoms. The fraction of sp³-hybridized carbons (Fsp3) is 0.308. The Bertz CT molecular complexity index is 486. The minimum Gasteiger partial charge on any atom is -0.497 e. The zero-order chi connectivity index (χ0) is 12.3. The van der Waals surface area contributed by atoms with E-state index in [0.29, 0.717) is 6.54 Å². The minimum atomic E-state index is 0.560. The van der Waals surface area contributed by atoms with Gasteiger partial charge in [0.15, 0.2) is 0 Å². The Kier molecular flexibility index (Phi) is 3.76. The van der Waals surface area contributed by atoms with Gasteiger partial charge in [-0.2, -0.15) is 0 Å². The van der Waals surface area contributed by atoms with Crippen molar-refractivity contribution in [3.05, 3.63) is 34.8 Å². The highest BCUT2D eigenvalue weighted by molar-refractivity contribution is 7.15. The van der Waals surface area contributed by atoms with Crippen molar-refractivity contribution in [3.63, 3.8) is 0 Å². The Morgan fingerprint density at radius 1 is 1.41 bits per heavy atom. The van der Waals surface area contributed by atoms with Crippen LogP contribution in [0.5, 0.6) is 5.75 Å². The van der Waals surface area contributed by atoms with Crippen LogP contribution in [0.1, 0.15) is 17.5 Å². The summed E-state index contributed by atoms with van der Waals surface area (Å²) >= 11 is 1.66. The van der Waals surface area contributed by atoms with E-state index in [0.717, 1.165) is 28.4 Å². The standard InChI is InChI=1S/C13H16N2OS/c1-3-11-12(8-14)17-13(15-11)9-5-4-6-10(7-9)16-2/h4-7H,3,8,14H2,1-2H3. The van der Waals surface area contributed by atoms with Gasteiger partial charge in [-0.25, -0.2) is 4.98 Å². The Labute approximate surface area is 105 Å². The molecule has 0 aliphatic heterocycles. The van der Waals surface area contributed by atoms with Gasteiger partial charge in [0.2, 0.25) is 0 Å². The van der Waals surface area contributed by atoms with Gasteiger partial charge >= 0.3 is 0 Å². The van der Waals surface area contributed by atoms with Crippen LogP contribution in [0.2, 0.25) is 0 Å². The molecule has 90 valence electrons. The Morgan fingerprint density at radius 2 is 2.24 bits per heavy atom. The van der Waals surface area contributed by atoms with Crippen LogP contribution in [0, 0.1) is 0 Å². The molecule has 0 fully saturated rings. The zero-order valence-electron chi connectivity index (χ0n) is 10.1. The number of benzene rings is 1. The average molecular weight is 248 g/mol. The molecule has 0 bridgehead atoms. The first-order valence-corrected chi connectivity index (χ1v) is 6.43. The van der Waals surface area contributed by atoms with Crippen LogP contribution in [0.4, 0.5) is 0 Å². The van der Waals surface area contributed by atoms with Crippen molar-refractivity contribution >= 4 is 11.3 Å². The molecular weight excluding hydrogens is 232 g/mol. The summed E-state index contributed by atoms with van der Waals surface area (Å²) in [4.78, 5) is 5.80. The molecule has 0 spiro atoms. The molecule has 1 aromatic heterocycles. The minimum absolute atomic E-state index is 0.560. The maximum Gasteiger partial charge on any atom is 0.124 e. The summed E-state index contributed by atoms with van der Waals surface area (Å²) in [5.41, 5.74) is 7.91. The number of ether oxygens (including phenoxy) is 1. The first kappa shape index (κ1) is 12.1. The Hall–Kier alpha value is -1.39. The maximum absolute atomic E-state index is 5.72. The normalized spacial score (nSPS) is 10.5. The third-order valence-electron chi connectivity index (χ3n) is 2.62. The summed E-state index contributed by atoms with van der Waals surface area (Å²) in [6, 6.07) is 7.95. The fourth-order valence-electron chi connectivity index (χ4n) is 1.70. The highest BCUT2D eigenvalue weighted by Gasteiger charge is 2.10. The van der Waals surface area contributed by atoms with E-state index in [1.807, 2.05) is 24.3 Å². The third kappa shape index (κ3) is 2.48. The highest BCUT2D eigenvalue weighted by Crippen LogP contribution is 2.30. The summed E-state index contributed by atoms with van der Waals surface area (Å²) in [5, 5.41) is 1.02. The van der Waals surface area contributed by atoms with Crippen LogP contribution in [0.3, 0.4) is 0 Å². The molecule has 4 heteroatoms. The van der Waals surface area contributed by atoms with Gasteiger partial charge in [-0.1, -0.05) is 19.1 Å². The fourth-order valence-corrected chi connectivity index (χ4v) is 2.72. The van der Waals surface area contributed by atoms with Gasteiger partial charge in [-0.3, -0.25) is 0 Å². The second kappa shape index (κ2) is 5.29. The molecule has 0 aliphatic carbocycles. The van der Waals surface area contributed by atoms with Gasteiger partial charge in [-0.15, -0.1) is 11.3 Å². The van der Waals surface area contributed by atoms with Gasteiger partial charge in [-0.05, 0) is 18.6 Å². The number of hydrogen-bond acceptors (Lipinski definition) is 4. The van der Waals surface area contributed by atoms with Crippen molar-refractivity contribution in [1.29, 1.82) is 0 Å². The molecule has 2 rings (SSSR count). The first-order valence-electron chi connectivity index (χ1n) is 5.61. The van der Waals surface area contributed by atoms with Crippen molar-refractivity contribution < 1.29 is 4.74 Å². The second-order valence-electron chi connectivity index (χ2n) is 3.68. The van der Waals surface area contributed by atoms with E-state index in [9.17, 15) is 0 Å². The van der Waals surface area contributed by atoms with Crippen molar-refractivity contribution in [2.24, 2.45) is 5.73 Å². The van der Waals surface area contributed by atoms with Crippen LogP contribution in [0.25, 0.3) is 10.6 Å². The molecule has 1 heterocycles. The summed E-state index contributed by atoms with van der Waals surface area (Å²) in [6.07, 6.45) is 0.924. The Morgan fingerprint density at radius 3 is 2.82 bits per heavy atom. The largest absolute Gasteiger partial charge is 0.497 e. The van der Waals surface area contributed by atoms with Gasteiger partial charge in [0.05, 0.1) is 12.8 Å². The number of methoxy groups -OCH3 is 1. The van der Waals surface area contributed by atoms with Crippen LogP contribution < -0.4 is 10.5 Å². The Balaban J connectivity index is 2.41. The van der Waals surface area contributed by atoms with E-state index < -0.39 is 0 Å². The lowest BCUT2D eigenvalue weighted by atomic mass is 10.2. The van der Waals surface area contributed by atoms with Gasteiger partial charge in [0, 0.05) is 17.0 Å². The predicted molar refractivity (Wildman–Crippen MR) is 71.4 cm³/mol. The lowest BCUT2D eigenvalue weighted by Crippen LogP contribution is -1.96. The topological polar surface area (TPSA) is 48.1 Å². The molecule has 0 radical (unpaired) electrons. The van der Waals surface area contributed by atoms with E-state index in [4.69, 9.17) is 10.5 Å². The SMILES string of the molecule is CCc1nc(-c2cccc(OC)c2)sc1CN. The molecule has 3 nitrogen and oxygen atoms in total. The number of thiazole rings is 1. The lowest BCUT2D eigenvalue weighted by molar-refractivity contribution is 0.415. The quantitative estimate of drug-likeness (QED) is 0.905. The first-order chi connectivity index (χ1) is 8.28. The van der Waals surface area contributed by atoms with Crippen molar-refractivity contribution in [3.8, 4) is 16.3 Å². The van der Waals surface area contributed by atoms with Gasteiger partial charge < -0.3 is 10.5 Å². The van der Waals surface area contributed by atoms with Crippen molar-refractivity contribution in [2.75, 3.05) is 7.11 Å². The number of nitrogens with two attached hydrogens (primary N) is 1. The molecule has 2 aromatic rings. The number of nitrogens with zero attached hydrogens (tertiary/aromatic N) is 1. The van der Waals surface area contributed by atoms with Crippen LogP contribution in [-0.4, -0.2) is 12.1 Å². The summed E-state index contributed by atoms with van der Waals surface area (Å²) in [7, 11) is 1.67. The summed E-state index contributed by atoms with van der Waals surface area (Å²) in [5.74, 6) is 0.852. The van der Waals surface area contributed by atoms with Gasteiger partial charge in [0.1, 0.15) is 10.8 Å². The van der Waals surface area contributed by atoms with Crippen LogP contribution in [-0.2, 0) is 13.0 Å². The van der Waals surface area contributed by atoms with Crippen molar-refractivity contribution in [1.82, 2.24) is 4.98 Å². The highest BCUT2D eigenvalue weighted by atomic mass is 32.1. The van der Waals surface area contributed by atoms with Crippen LogP contribution >= 0.6 is 11.3 Å². The monoisotopic (exact) mass is 248 g/mol. The number of rotatable bonds is 4. The lowest BCUT2D eigenvalue weighted by Gasteiger charge is -2.00. The zero-order valence-corrected chi connectivity index (χ0v) is 10.9. The van der Waals surface area contributed by atoms with E-state index >= 15 is 0 Å². The van der Waals surface area contributed by atoms with E-state index in [1.54, 1.807) is 18.4 Å². The molecule has 0 atom stereocenters. The van der Waals surface area contributed by atoms with Crippen molar-refractivity contribution in [2.45, 2.75) is 19.9 Å². The number of hydrogen-bond donors (Lipinski definition) is 1. The molecule has 0 aliphatic rings.